The zero-order chi connectivity index (χ0) is 11.3. The molecule has 2 aliphatic rings. The first-order chi connectivity index (χ1) is 6.85. The molecule has 0 heterocycles. The maximum Gasteiger partial charge on any atom is 0.0743 e. The molecule has 2 aliphatic carbocycles. The predicted octanol–water partition coefficient (Wildman–Crippen LogP) is 3.53. The van der Waals surface area contributed by atoms with E-state index in [0.717, 1.165) is 12.8 Å². The van der Waals surface area contributed by atoms with Crippen molar-refractivity contribution in [3.05, 3.63) is 11.6 Å². The Bertz CT molecular complexity index is 290. The lowest BCUT2D eigenvalue weighted by Gasteiger charge is -2.38. The minimum Gasteiger partial charge on any atom is -0.389 e. The molecule has 1 heteroatoms. The van der Waals surface area contributed by atoms with Crippen LogP contribution in [0.3, 0.4) is 0 Å². The maximum absolute atomic E-state index is 10.9. The molecule has 3 atom stereocenters. The second kappa shape index (κ2) is 3.35. The van der Waals surface area contributed by atoms with Crippen LogP contribution in [0.2, 0.25) is 0 Å². The van der Waals surface area contributed by atoms with Gasteiger partial charge in [-0.15, -0.1) is 0 Å². The second-order valence-corrected chi connectivity index (χ2v) is 6.52. The highest BCUT2D eigenvalue weighted by Gasteiger charge is 2.50. The molecule has 1 N–H and O–H groups in total. The van der Waals surface area contributed by atoms with E-state index < -0.39 is 5.60 Å². The van der Waals surface area contributed by atoms with E-state index in [4.69, 9.17) is 0 Å². The molecular formula is C14H24O. The van der Waals surface area contributed by atoms with Gasteiger partial charge in [-0.2, -0.15) is 0 Å². The van der Waals surface area contributed by atoms with Gasteiger partial charge in [0.05, 0.1) is 5.60 Å². The van der Waals surface area contributed by atoms with Crippen molar-refractivity contribution in [2.75, 3.05) is 0 Å². The first-order valence-electron chi connectivity index (χ1n) is 6.24. The van der Waals surface area contributed by atoms with Crippen LogP contribution in [0.1, 0.15) is 53.4 Å². The molecular weight excluding hydrogens is 184 g/mol. The highest BCUT2D eigenvalue weighted by atomic mass is 16.3. The van der Waals surface area contributed by atoms with Crippen molar-refractivity contribution in [2.45, 2.75) is 59.0 Å². The first kappa shape index (κ1) is 11.2. The largest absolute Gasteiger partial charge is 0.389 e. The molecule has 0 bridgehead atoms. The van der Waals surface area contributed by atoms with E-state index in [0.29, 0.717) is 11.8 Å². The van der Waals surface area contributed by atoms with Crippen molar-refractivity contribution < 1.29 is 5.11 Å². The van der Waals surface area contributed by atoms with Crippen molar-refractivity contribution in [3.8, 4) is 0 Å². The van der Waals surface area contributed by atoms with Gasteiger partial charge in [-0.05, 0) is 43.9 Å². The Hall–Kier alpha value is -0.300. The van der Waals surface area contributed by atoms with Crippen molar-refractivity contribution >= 4 is 0 Å². The van der Waals surface area contributed by atoms with Gasteiger partial charge < -0.3 is 5.11 Å². The van der Waals surface area contributed by atoms with Crippen LogP contribution in [0.25, 0.3) is 0 Å². The Balaban J connectivity index is 2.38. The van der Waals surface area contributed by atoms with Gasteiger partial charge in [-0.1, -0.05) is 32.4 Å². The fourth-order valence-electron chi connectivity index (χ4n) is 3.60. The summed E-state index contributed by atoms with van der Waals surface area (Å²) in [6, 6.07) is 0. The molecule has 86 valence electrons. The van der Waals surface area contributed by atoms with Gasteiger partial charge in [0.15, 0.2) is 0 Å². The molecule has 0 aromatic carbocycles. The van der Waals surface area contributed by atoms with Crippen LogP contribution in [0.5, 0.6) is 0 Å². The fourth-order valence-corrected chi connectivity index (χ4v) is 3.60. The van der Waals surface area contributed by atoms with Crippen LogP contribution in [-0.2, 0) is 0 Å². The SMILES string of the molecule is CC1=CCC(C)(C)C[C@@]2(O)C1CC[C@@H]2C. The van der Waals surface area contributed by atoms with Crippen LogP contribution in [0.15, 0.2) is 11.6 Å². The average molecular weight is 208 g/mol. The van der Waals surface area contributed by atoms with Gasteiger partial charge in [0.25, 0.3) is 0 Å². The Labute approximate surface area is 93.6 Å². The van der Waals surface area contributed by atoms with Gasteiger partial charge >= 0.3 is 0 Å². The van der Waals surface area contributed by atoms with Gasteiger partial charge in [0.2, 0.25) is 0 Å². The number of allylic oxidation sites excluding steroid dienone is 1. The zero-order valence-electron chi connectivity index (χ0n) is 10.5. The summed E-state index contributed by atoms with van der Waals surface area (Å²) in [6.45, 7) is 8.98. The summed E-state index contributed by atoms with van der Waals surface area (Å²) < 4.78 is 0. The molecule has 1 nitrogen and oxygen atoms in total. The van der Waals surface area contributed by atoms with Gasteiger partial charge in [-0.3, -0.25) is 0 Å². The number of fused-ring (bicyclic) bond motifs is 1. The molecule has 1 fully saturated rings. The summed E-state index contributed by atoms with van der Waals surface area (Å²) in [5, 5.41) is 10.9. The maximum atomic E-state index is 10.9. The lowest BCUT2D eigenvalue weighted by molar-refractivity contribution is -0.0503. The highest BCUT2D eigenvalue weighted by molar-refractivity contribution is 5.18. The van der Waals surface area contributed by atoms with Crippen LogP contribution < -0.4 is 0 Å². The molecule has 1 saturated carbocycles. The number of aliphatic hydroxyl groups is 1. The van der Waals surface area contributed by atoms with Crippen molar-refractivity contribution in [2.24, 2.45) is 17.3 Å². The van der Waals surface area contributed by atoms with Crippen molar-refractivity contribution in [1.29, 1.82) is 0 Å². The molecule has 0 aromatic rings. The summed E-state index contributed by atoms with van der Waals surface area (Å²) in [4.78, 5) is 0. The molecule has 0 aliphatic heterocycles. The molecule has 15 heavy (non-hydrogen) atoms. The Morgan fingerprint density at radius 3 is 2.67 bits per heavy atom. The minimum atomic E-state index is -0.430. The third-order valence-corrected chi connectivity index (χ3v) is 4.63. The Morgan fingerprint density at radius 1 is 1.33 bits per heavy atom. The fraction of sp³-hybridized carbons (Fsp3) is 0.857. The van der Waals surface area contributed by atoms with E-state index in [9.17, 15) is 5.11 Å². The van der Waals surface area contributed by atoms with Gasteiger partial charge in [-0.25, -0.2) is 0 Å². The summed E-state index contributed by atoms with van der Waals surface area (Å²) in [6.07, 6.45) is 6.79. The molecule has 1 unspecified atom stereocenters. The number of hydrogen-bond acceptors (Lipinski definition) is 1. The zero-order valence-corrected chi connectivity index (χ0v) is 10.5. The predicted molar refractivity (Wildman–Crippen MR) is 63.6 cm³/mol. The molecule has 0 amide bonds. The standard InChI is InChI=1S/C14H24O/c1-10-7-8-13(3,4)9-14(15)11(2)5-6-12(10)14/h7,11-12,15H,5-6,8-9H2,1-4H3/t11-,12?,14-/m0/s1. The highest BCUT2D eigenvalue weighted by Crippen LogP contribution is 2.52. The molecule has 0 aromatic heterocycles. The average Bonchev–Trinajstić information content (AvgIpc) is 2.34. The normalized spacial score (nSPS) is 44.5. The summed E-state index contributed by atoms with van der Waals surface area (Å²) in [7, 11) is 0. The molecule has 0 saturated heterocycles. The van der Waals surface area contributed by atoms with Crippen LogP contribution in [0, 0.1) is 17.3 Å². The second-order valence-electron chi connectivity index (χ2n) is 6.52. The van der Waals surface area contributed by atoms with Crippen LogP contribution >= 0.6 is 0 Å². The van der Waals surface area contributed by atoms with E-state index in [1.807, 2.05) is 0 Å². The lowest BCUT2D eigenvalue weighted by Crippen LogP contribution is -2.41. The monoisotopic (exact) mass is 208 g/mol. The third-order valence-electron chi connectivity index (χ3n) is 4.63. The van der Waals surface area contributed by atoms with Crippen molar-refractivity contribution in [3.63, 3.8) is 0 Å². The van der Waals surface area contributed by atoms with Gasteiger partial charge in [0.1, 0.15) is 0 Å². The minimum absolute atomic E-state index is 0.253. The number of hydrogen-bond donors (Lipinski definition) is 1. The molecule has 2 rings (SSSR count). The Morgan fingerprint density at radius 2 is 2.00 bits per heavy atom. The smallest absolute Gasteiger partial charge is 0.0743 e. The van der Waals surface area contributed by atoms with Crippen LogP contribution in [0.4, 0.5) is 0 Å². The van der Waals surface area contributed by atoms with E-state index in [1.165, 1.54) is 18.4 Å². The Kier molecular flexibility index (Phi) is 2.50. The molecule has 0 spiro atoms. The summed E-state index contributed by atoms with van der Waals surface area (Å²) in [5.41, 5.74) is 1.25. The summed E-state index contributed by atoms with van der Waals surface area (Å²) >= 11 is 0. The van der Waals surface area contributed by atoms with Crippen molar-refractivity contribution in [1.82, 2.24) is 0 Å². The van der Waals surface area contributed by atoms with E-state index >= 15 is 0 Å². The quantitative estimate of drug-likeness (QED) is 0.604. The number of rotatable bonds is 0. The summed E-state index contributed by atoms with van der Waals surface area (Å²) in [5.74, 6) is 0.887. The van der Waals surface area contributed by atoms with E-state index in [-0.39, 0.29) is 5.41 Å². The van der Waals surface area contributed by atoms with E-state index in [2.05, 4.69) is 33.8 Å². The lowest BCUT2D eigenvalue weighted by atomic mass is 9.72. The first-order valence-corrected chi connectivity index (χ1v) is 6.24. The topological polar surface area (TPSA) is 20.2 Å². The third kappa shape index (κ3) is 1.75. The molecule has 0 radical (unpaired) electrons. The van der Waals surface area contributed by atoms with Gasteiger partial charge in [0, 0.05) is 5.92 Å². The van der Waals surface area contributed by atoms with E-state index in [1.54, 1.807) is 0 Å². The van der Waals surface area contributed by atoms with Crippen LogP contribution in [-0.4, -0.2) is 10.7 Å².